The van der Waals surface area contributed by atoms with E-state index in [0.29, 0.717) is 0 Å². The van der Waals surface area contributed by atoms with Gasteiger partial charge in [-0.2, -0.15) is 0 Å². The molecule has 0 fully saturated rings. The van der Waals surface area contributed by atoms with E-state index in [1.807, 2.05) is 0 Å². The van der Waals surface area contributed by atoms with E-state index in [1.165, 1.54) is 19.5 Å². The van der Waals surface area contributed by atoms with Gasteiger partial charge < -0.3 is 0 Å². The Hall–Kier alpha value is 0.503. The van der Waals surface area contributed by atoms with Gasteiger partial charge in [0.1, 0.15) is 0 Å². The Morgan fingerprint density at radius 3 is 1.50 bits per heavy atom. The van der Waals surface area contributed by atoms with Crippen molar-refractivity contribution in [2.45, 2.75) is 49.3 Å². The first-order chi connectivity index (χ1) is 5.47. The fourth-order valence-electron chi connectivity index (χ4n) is 2.08. The van der Waals surface area contributed by atoms with Crippen molar-refractivity contribution in [1.82, 2.24) is 4.90 Å². The average Bonchev–Trinajstić information content (AvgIpc) is 1.97. The Morgan fingerprint density at radius 2 is 1.42 bits per heavy atom. The summed E-state index contributed by atoms with van der Waals surface area (Å²) >= 11 is -1.45. The molecule has 0 spiro atoms. The first-order valence-electron chi connectivity index (χ1n) is 5.21. The zero-order chi connectivity index (χ0) is 9.78. The van der Waals surface area contributed by atoms with Gasteiger partial charge >= 0.3 is 80.6 Å². The second-order valence-electron chi connectivity index (χ2n) is 4.51. The topological polar surface area (TPSA) is 3.24 Å². The third-order valence-electron chi connectivity index (χ3n) is 2.64. The Morgan fingerprint density at radius 1 is 1.00 bits per heavy atom. The molecule has 2 heteroatoms. The van der Waals surface area contributed by atoms with Gasteiger partial charge in [-0.25, -0.2) is 0 Å². The van der Waals surface area contributed by atoms with Crippen LogP contribution in [0, 0.1) is 0 Å². The second-order valence-corrected chi connectivity index (χ2v) is 15.8. The average molecular weight is 232 g/mol. The molecule has 0 aromatic rings. The monoisotopic (exact) mass is 233 g/mol. The van der Waals surface area contributed by atoms with Crippen LogP contribution in [0.5, 0.6) is 0 Å². The van der Waals surface area contributed by atoms with Crippen molar-refractivity contribution in [3.8, 4) is 0 Å². The molecule has 0 aliphatic heterocycles. The van der Waals surface area contributed by atoms with E-state index in [2.05, 4.69) is 42.9 Å². The summed E-state index contributed by atoms with van der Waals surface area (Å²) in [4.78, 5) is 3.56. The number of rotatable bonds is 5. The van der Waals surface area contributed by atoms with Crippen molar-refractivity contribution in [2.75, 3.05) is 13.1 Å². The van der Waals surface area contributed by atoms with Crippen LogP contribution in [0.15, 0.2) is 0 Å². The molecule has 0 saturated carbocycles. The summed E-state index contributed by atoms with van der Waals surface area (Å²) in [6, 6.07) is 0. The van der Waals surface area contributed by atoms with E-state index in [0.717, 1.165) is 4.87 Å². The van der Waals surface area contributed by atoms with Gasteiger partial charge in [-0.3, -0.25) is 0 Å². The number of nitrogens with zero attached hydrogens (tertiary/aromatic N) is 1. The second kappa shape index (κ2) is 5.28. The standard InChI is InChI=1S/C10H25GeN/c1-7-10(11(4,5)6)12(8-2)9-3/h10H,7-9H2,1-6H3. The molecular weight excluding hydrogens is 207 g/mol. The Labute approximate surface area is 80.9 Å². The van der Waals surface area contributed by atoms with Crippen molar-refractivity contribution in [2.24, 2.45) is 0 Å². The molecule has 0 bridgehead atoms. The van der Waals surface area contributed by atoms with E-state index in [4.69, 9.17) is 0 Å². The first-order valence-corrected chi connectivity index (χ1v) is 12.7. The van der Waals surface area contributed by atoms with Gasteiger partial charge in [0.15, 0.2) is 0 Å². The van der Waals surface area contributed by atoms with Crippen molar-refractivity contribution in [3.05, 3.63) is 0 Å². The quantitative estimate of drug-likeness (QED) is 0.658. The van der Waals surface area contributed by atoms with Gasteiger partial charge in [-0.15, -0.1) is 0 Å². The van der Waals surface area contributed by atoms with Crippen LogP contribution in [0.3, 0.4) is 0 Å². The van der Waals surface area contributed by atoms with Gasteiger partial charge in [0.25, 0.3) is 0 Å². The van der Waals surface area contributed by atoms with Gasteiger partial charge in [-0.05, 0) is 0 Å². The van der Waals surface area contributed by atoms with Gasteiger partial charge in [-0.1, -0.05) is 0 Å². The molecule has 0 heterocycles. The van der Waals surface area contributed by atoms with Crippen LogP contribution in [-0.4, -0.2) is 36.1 Å². The summed E-state index contributed by atoms with van der Waals surface area (Å²) < 4.78 is 0. The Kier molecular flexibility index (Phi) is 5.50. The SMILES string of the molecule is CC[CH](N(CC)CC)[Ge]([CH3])([CH3])[CH3]. The molecule has 0 aromatic carbocycles. The fraction of sp³-hybridized carbons (Fsp3) is 1.00. The molecule has 1 unspecified atom stereocenters. The van der Waals surface area contributed by atoms with Crippen molar-refractivity contribution < 1.29 is 0 Å². The molecule has 74 valence electrons. The number of hydrogen-bond acceptors (Lipinski definition) is 1. The van der Waals surface area contributed by atoms with Crippen LogP contribution >= 0.6 is 0 Å². The predicted octanol–water partition coefficient (Wildman–Crippen LogP) is 2.98. The molecule has 1 nitrogen and oxygen atoms in total. The molecule has 0 N–H and O–H groups in total. The van der Waals surface area contributed by atoms with Crippen molar-refractivity contribution in [3.63, 3.8) is 0 Å². The van der Waals surface area contributed by atoms with Crippen LogP contribution < -0.4 is 0 Å². The Bertz CT molecular complexity index is 113. The zero-order valence-corrected chi connectivity index (χ0v) is 11.7. The fourth-order valence-corrected chi connectivity index (χ4v) is 7.72. The van der Waals surface area contributed by atoms with E-state index in [9.17, 15) is 0 Å². The Balaban J connectivity index is 4.31. The van der Waals surface area contributed by atoms with Crippen molar-refractivity contribution in [1.29, 1.82) is 0 Å². The molecule has 0 amide bonds. The summed E-state index contributed by atoms with van der Waals surface area (Å²) in [7, 11) is 0. The molecule has 12 heavy (non-hydrogen) atoms. The molecule has 0 rings (SSSR count). The van der Waals surface area contributed by atoms with Gasteiger partial charge in [0.05, 0.1) is 0 Å². The third-order valence-corrected chi connectivity index (χ3v) is 8.46. The van der Waals surface area contributed by atoms with Gasteiger partial charge in [0.2, 0.25) is 0 Å². The summed E-state index contributed by atoms with van der Waals surface area (Å²) in [5.41, 5.74) is 0. The maximum atomic E-state index is 2.64. The number of hydrogen-bond donors (Lipinski definition) is 0. The molecular formula is C10H25GeN. The third kappa shape index (κ3) is 3.48. The minimum atomic E-state index is -1.45. The van der Waals surface area contributed by atoms with Gasteiger partial charge in [0, 0.05) is 0 Å². The molecule has 1 atom stereocenters. The normalized spacial score (nSPS) is 15.2. The zero-order valence-electron chi connectivity index (χ0n) is 9.65. The molecule has 0 saturated heterocycles. The van der Waals surface area contributed by atoms with E-state index in [1.54, 1.807) is 0 Å². The summed E-state index contributed by atoms with van der Waals surface area (Å²) in [5.74, 6) is 7.56. The van der Waals surface area contributed by atoms with E-state index >= 15 is 0 Å². The van der Waals surface area contributed by atoms with Crippen LogP contribution in [0.1, 0.15) is 27.2 Å². The van der Waals surface area contributed by atoms with Crippen LogP contribution in [0.25, 0.3) is 0 Å². The minimum absolute atomic E-state index is 0.917. The predicted molar refractivity (Wildman–Crippen MR) is 60.3 cm³/mol. The molecule has 0 aliphatic rings. The van der Waals surface area contributed by atoms with Crippen LogP contribution in [0.4, 0.5) is 0 Å². The molecule has 0 aliphatic carbocycles. The van der Waals surface area contributed by atoms with Crippen LogP contribution in [-0.2, 0) is 0 Å². The van der Waals surface area contributed by atoms with E-state index in [-0.39, 0.29) is 0 Å². The molecule has 0 aromatic heterocycles. The summed E-state index contributed by atoms with van der Waals surface area (Å²) in [5, 5.41) is 0. The van der Waals surface area contributed by atoms with E-state index < -0.39 is 13.3 Å². The summed E-state index contributed by atoms with van der Waals surface area (Å²) in [6.45, 7) is 9.33. The summed E-state index contributed by atoms with van der Waals surface area (Å²) in [6.07, 6.45) is 1.34. The van der Waals surface area contributed by atoms with Crippen molar-refractivity contribution >= 4 is 13.3 Å². The first kappa shape index (κ1) is 12.5. The van der Waals surface area contributed by atoms with Crippen LogP contribution in [0.2, 0.25) is 17.3 Å². The maximum absolute atomic E-state index is 2.64. The molecule has 0 radical (unpaired) electrons.